The van der Waals surface area contributed by atoms with Crippen LogP contribution in [0.15, 0.2) is 47.5 Å². The monoisotopic (exact) mass is 331 g/mol. The van der Waals surface area contributed by atoms with Crippen LogP contribution in [0.2, 0.25) is 0 Å². The Kier molecular flexibility index (Phi) is 4.06. The molecule has 5 heteroatoms. The van der Waals surface area contributed by atoms with Gasteiger partial charge in [-0.05, 0) is 65.3 Å². The van der Waals surface area contributed by atoms with Gasteiger partial charge in [0, 0.05) is 12.5 Å². The van der Waals surface area contributed by atoms with Crippen LogP contribution >= 0.6 is 0 Å². The average molecular weight is 331 g/mol. The van der Waals surface area contributed by atoms with Crippen molar-refractivity contribution in [1.29, 1.82) is 0 Å². The minimum absolute atomic E-state index is 0.317. The zero-order valence-electron chi connectivity index (χ0n) is 13.1. The summed E-state index contributed by atoms with van der Waals surface area (Å²) in [6, 6.07) is 10.1. The van der Waals surface area contributed by atoms with E-state index in [1.54, 1.807) is 24.4 Å². The lowest BCUT2D eigenvalue weighted by Gasteiger charge is -2.09. The van der Waals surface area contributed by atoms with Gasteiger partial charge >= 0.3 is 0 Å². The number of benzene rings is 1. The van der Waals surface area contributed by atoms with E-state index >= 15 is 0 Å². The average Bonchev–Trinajstić information content (AvgIpc) is 2.89. The van der Waals surface area contributed by atoms with Crippen LogP contribution in [0.25, 0.3) is 11.1 Å². The molecule has 1 atom stereocenters. The molecule has 0 fully saturated rings. The molecule has 3 nitrogen and oxygen atoms in total. The quantitative estimate of drug-likeness (QED) is 0.800. The van der Waals surface area contributed by atoms with Crippen LogP contribution in [-0.2, 0) is 9.84 Å². The first-order chi connectivity index (χ1) is 10.8. The minimum Gasteiger partial charge on any atom is -0.228 e. The highest BCUT2D eigenvalue weighted by Gasteiger charge is 2.23. The van der Waals surface area contributed by atoms with Crippen LogP contribution in [-0.4, -0.2) is 19.7 Å². The van der Waals surface area contributed by atoms with Gasteiger partial charge < -0.3 is 0 Å². The molecule has 1 aliphatic carbocycles. The molecule has 23 heavy (non-hydrogen) atoms. The third kappa shape index (κ3) is 3.34. The fourth-order valence-corrected chi connectivity index (χ4v) is 3.69. The van der Waals surface area contributed by atoms with Crippen LogP contribution in [0.1, 0.15) is 30.9 Å². The van der Waals surface area contributed by atoms with Gasteiger partial charge in [0.15, 0.2) is 9.84 Å². The zero-order chi connectivity index (χ0) is 16.6. The lowest BCUT2D eigenvalue weighted by atomic mass is 9.98. The Labute approximate surface area is 135 Å². The van der Waals surface area contributed by atoms with Crippen molar-refractivity contribution in [2.75, 3.05) is 6.26 Å². The van der Waals surface area contributed by atoms with Gasteiger partial charge in [-0.15, -0.1) is 0 Å². The summed E-state index contributed by atoms with van der Waals surface area (Å²) in [5, 5.41) is 0. The van der Waals surface area contributed by atoms with Crippen molar-refractivity contribution in [2.24, 2.45) is 5.92 Å². The second-order valence-electron chi connectivity index (χ2n) is 6.14. The van der Waals surface area contributed by atoms with Crippen molar-refractivity contribution in [1.82, 2.24) is 4.98 Å². The Morgan fingerprint density at radius 2 is 1.57 bits per heavy atom. The molecule has 0 aliphatic heterocycles. The van der Waals surface area contributed by atoms with E-state index in [0.717, 1.165) is 29.5 Å². The van der Waals surface area contributed by atoms with Gasteiger partial charge in [-0.2, -0.15) is 4.39 Å². The number of allylic oxidation sites excluding steroid dienone is 2. The second kappa shape index (κ2) is 5.89. The molecule has 0 spiro atoms. The van der Waals surface area contributed by atoms with Crippen molar-refractivity contribution >= 4 is 21.0 Å². The van der Waals surface area contributed by atoms with E-state index < -0.39 is 15.8 Å². The Bertz CT molecular complexity index is 853. The molecule has 0 radical (unpaired) electrons. The summed E-state index contributed by atoms with van der Waals surface area (Å²) in [6.07, 6.45) is 4.60. The number of nitrogens with zero attached hydrogens (tertiary/aromatic N) is 1. The number of sulfone groups is 1. The molecule has 2 aromatic rings. The lowest BCUT2D eigenvalue weighted by molar-refractivity contribution is 0.583. The standard InChI is InChI=1S/C18H18FNO2S/c1-12-9-16(13-3-6-15(7-4-13)23(2,21)22)17(10-12)14-5-8-18(19)20-11-14/h3-8,11-12H,9-10H2,1-2H3. The van der Waals surface area contributed by atoms with Gasteiger partial charge in [-0.25, -0.2) is 13.4 Å². The smallest absolute Gasteiger partial charge is 0.212 e. The van der Waals surface area contributed by atoms with Crippen molar-refractivity contribution in [3.8, 4) is 0 Å². The van der Waals surface area contributed by atoms with Crippen molar-refractivity contribution in [3.63, 3.8) is 0 Å². The normalized spacial score (nSPS) is 18.5. The summed E-state index contributed by atoms with van der Waals surface area (Å²) in [4.78, 5) is 4.06. The number of hydrogen-bond donors (Lipinski definition) is 0. The zero-order valence-corrected chi connectivity index (χ0v) is 13.9. The molecule has 0 bridgehead atoms. The molecule has 3 rings (SSSR count). The molecular formula is C18H18FNO2S. The maximum atomic E-state index is 13.0. The van der Waals surface area contributed by atoms with Gasteiger partial charge in [0.05, 0.1) is 4.90 Å². The third-order valence-electron chi connectivity index (χ3n) is 4.18. The number of hydrogen-bond acceptors (Lipinski definition) is 3. The first-order valence-electron chi connectivity index (χ1n) is 7.49. The Balaban J connectivity index is 2.04. The van der Waals surface area contributed by atoms with Crippen LogP contribution < -0.4 is 0 Å². The van der Waals surface area contributed by atoms with Gasteiger partial charge in [0.1, 0.15) is 0 Å². The summed E-state index contributed by atoms with van der Waals surface area (Å²) in [6.45, 7) is 2.18. The van der Waals surface area contributed by atoms with Crippen LogP contribution in [0.3, 0.4) is 0 Å². The van der Waals surface area contributed by atoms with Crippen molar-refractivity contribution in [3.05, 3.63) is 59.7 Å². The van der Waals surface area contributed by atoms with Gasteiger partial charge in [0.2, 0.25) is 5.95 Å². The number of pyridine rings is 1. The summed E-state index contributed by atoms with van der Waals surface area (Å²) in [5.41, 5.74) is 4.29. The minimum atomic E-state index is -3.19. The number of halogens is 1. The van der Waals surface area contributed by atoms with E-state index in [-0.39, 0.29) is 0 Å². The molecule has 0 saturated heterocycles. The summed E-state index contributed by atoms with van der Waals surface area (Å²) in [5.74, 6) is 0.0130. The van der Waals surface area contributed by atoms with Crippen molar-refractivity contribution < 1.29 is 12.8 Å². The highest BCUT2D eigenvalue weighted by atomic mass is 32.2. The molecule has 120 valence electrons. The van der Waals surface area contributed by atoms with E-state index in [1.165, 1.54) is 17.9 Å². The highest BCUT2D eigenvalue weighted by molar-refractivity contribution is 7.90. The van der Waals surface area contributed by atoms with E-state index in [2.05, 4.69) is 11.9 Å². The number of rotatable bonds is 3. The molecular weight excluding hydrogens is 313 g/mol. The molecule has 1 unspecified atom stereocenters. The first-order valence-corrected chi connectivity index (χ1v) is 9.38. The molecule has 0 N–H and O–H groups in total. The Hall–Kier alpha value is -2.01. The van der Waals surface area contributed by atoms with Gasteiger partial charge in [-0.1, -0.05) is 19.1 Å². The molecule has 0 saturated carbocycles. The summed E-state index contributed by atoms with van der Waals surface area (Å²) in [7, 11) is -3.19. The maximum Gasteiger partial charge on any atom is 0.212 e. The molecule has 1 aliphatic rings. The van der Waals surface area contributed by atoms with E-state index in [9.17, 15) is 12.8 Å². The number of aromatic nitrogens is 1. The lowest BCUT2D eigenvalue weighted by Crippen LogP contribution is -1.97. The topological polar surface area (TPSA) is 47.0 Å². The van der Waals surface area contributed by atoms with E-state index in [0.29, 0.717) is 10.8 Å². The van der Waals surface area contributed by atoms with Gasteiger partial charge in [0.25, 0.3) is 0 Å². The van der Waals surface area contributed by atoms with Crippen LogP contribution in [0.4, 0.5) is 4.39 Å². The van der Waals surface area contributed by atoms with E-state index in [4.69, 9.17) is 0 Å². The van der Waals surface area contributed by atoms with Crippen molar-refractivity contribution in [2.45, 2.75) is 24.7 Å². The largest absolute Gasteiger partial charge is 0.228 e. The predicted octanol–water partition coefficient (Wildman–Crippen LogP) is 3.96. The maximum absolute atomic E-state index is 13.0. The SMILES string of the molecule is CC1CC(c2ccc(S(C)(=O)=O)cc2)=C(c2ccc(F)nc2)C1. The molecule has 1 aromatic carbocycles. The predicted molar refractivity (Wildman–Crippen MR) is 89.0 cm³/mol. The summed E-state index contributed by atoms with van der Waals surface area (Å²) >= 11 is 0. The molecule has 1 heterocycles. The van der Waals surface area contributed by atoms with E-state index in [1.807, 2.05) is 12.1 Å². The fraction of sp³-hybridized carbons (Fsp3) is 0.278. The third-order valence-corrected chi connectivity index (χ3v) is 5.30. The van der Waals surface area contributed by atoms with Crippen LogP contribution in [0.5, 0.6) is 0 Å². The summed E-state index contributed by atoms with van der Waals surface area (Å²) < 4.78 is 36.2. The molecule has 0 amide bonds. The van der Waals surface area contributed by atoms with Gasteiger partial charge in [-0.3, -0.25) is 0 Å². The second-order valence-corrected chi connectivity index (χ2v) is 8.15. The highest BCUT2D eigenvalue weighted by Crippen LogP contribution is 2.42. The Morgan fingerprint density at radius 1 is 1.00 bits per heavy atom. The first kappa shape index (κ1) is 15.9. The molecule has 1 aromatic heterocycles. The fourth-order valence-electron chi connectivity index (χ4n) is 3.06. The van der Waals surface area contributed by atoms with Crippen LogP contribution in [0, 0.1) is 11.9 Å². The Morgan fingerprint density at radius 3 is 2.09 bits per heavy atom.